The van der Waals surface area contributed by atoms with Gasteiger partial charge in [0, 0.05) is 13.1 Å². The van der Waals surface area contributed by atoms with Crippen LogP contribution in [0.15, 0.2) is 24.3 Å². The molecule has 1 saturated carbocycles. The maximum atomic E-state index is 12.9. The maximum absolute atomic E-state index is 12.9. The van der Waals surface area contributed by atoms with Crippen molar-refractivity contribution in [1.82, 2.24) is 4.90 Å². The fourth-order valence-corrected chi connectivity index (χ4v) is 3.64. The molecule has 0 aromatic heterocycles. The molecule has 1 aliphatic heterocycles. The number of nitrogens with zero attached hydrogens (tertiary/aromatic N) is 1. The number of hydrogen-bond acceptors (Lipinski definition) is 2. The van der Waals surface area contributed by atoms with Gasteiger partial charge < -0.3 is 10.0 Å². The number of halogens is 1. The lowest BCUT2D eigenvalue weighted by atomic mass is 9.72. The van der Waals surface area contributed by atoms with Crippen LogP contribution in [0.4, 0.5) is 4.39 Å². The van der Waals surface area contributed by atoms with Crippen molar-refractivity contribution in [2.45, 2.75) is 44.6 Å². The van der Waals surface area contributed by atoms with Crippen LogP contribution < -0.4 is 0 Å². The Morgan fingerprint density at radius 3 is 2.52 bits per heavy atom. The minimum atomic E-state index is -0.226. The molecule has 1 aromatic rings. The van der Waals surface area contributed by atoms with Gasteiger partial charge in [-0.1, -0.05) is 12.1 Å². The van der Waals surface area contributed by atoms with Gasteiger partial charge in [0.2, 0.25) is 5.91 Å². The number of aliphatic hydroxyl groups is 1. The van der Waals surface area contributed by atoms with E-state index in [0.29, 0.717) is 6.54 Å². The SMILES string of the molecule is O=C1N(CCc2ccc(F)cc2)CCC12CCC(O)CC2. The Labute approximate surface area is 124 Å². The van der Waals surface area contributed by atoms with Crippen molar-refractivity contribution < 1.29 is 14.3 Å². The van der Waals surface area contributed by atoms with E-state index in [9.17, 15) is 14.3 Å². The summed E-state index contributed by atoms with van der Waals surface area (Å²) in [6.07, 6.45) is 4.60. The van der Waals surface area contributed by atoms with Crippen LogP contribution in [0.3, 0.4) is 0 Å². The summed E-state index contributed by atoms with van der Waals surface area (Å²) >= 11 is 0. The third-order valence-corrected chi connectivity index (χ3v) is 5.10. The lowest BCUT2D eigenvalue weighted by Gasteiger charge is -2.33. The molecule has 1 heterocycles. The van der Waals surface area contributed by atoms with E-state index in [4.69, 9.17) is 0 Å². The zero-order valence-corrected chi connectivity index (χ0v) is 12.2. The highest BCUT2D eigenvalue weighted by molar-refractivity contribution is 5.85. The fourth-order valence-electron chi connectivity index (χ4n) is 3.64. The lowest BCUT2D eigenvalue weighted by Crippen LogP contribution is -2.39. The van der Waals surface area contributed by atoms with Gasteiger partial charge in [-0.05, 0) is 56.2 Å². The first kappa shape index (κ1) is 14.5. The number of amides is 1. The molecule has 21 heavy (non-hydrogen) atoms. The summed E-state index contributed by atoms with van der Waals surface area (Å²) in [5, 5.41) is 9.62. The zero-order valence-electron chi connectivity index (χ0n) is 12.2. The number of likely N-dealkylation sites (tertiary alicyclic amines) is 1. The first-order valence-corrected chi connectivity index (χ1v) is 7.81. The summed E-state index contributed by atoms with van der Waals surface area (Å²) in [7, 11) is 0. The molecule has 0 unspecified atom stereocenters. The number of carbonyl (C=O) groups is 1. The number of carbonyl (C=O) groups excluding carboxylic acids is 1. The Bertz CT molecular complexity index is 506. The van der Waals surface area contributed by atoms with Gasteiger partial charge in [-0.25, -0.2) is 4.39 Å². The van der Waals surface area contributed by atoms with Crippen LogP contribution in [0, 0.1) is 11.2 Å². The van der Waals surface area contributed by atoms with Crippen LogP contribution in [0.1, 0.15) is 37.7 Å². The molecule has 0 bridgehead atoms. The first-order chi connectivity index (χ1) is 10.1. The molecule has 1 aliphatic carbocycles. The zero-order chi connectivity index (χ0) is 14.9. The highest BCUT2D eigenvalue weighted by Crippen LogP contribution is 2.44. The highest BCUT2D eigenvalue weighted by atomic mass is 19.1. The largest absolute Gasteiger partial charge is 0.393 e. The van der Waals surface area contributed by atoms with Gasteiger partial charge in [0.15, 0.2) is 0 Å². The summed E-state index contributed by atoms with van der Waals surface area (Å²) in [6, 6.07) is 6.49. The summed E-state index contributed by atoms with van der Waals surface area (Å²) in [5.74, 6) is 0.0345. The second-order valence-corrected chi connectivity index (χ2v) is 6.43. The van der Waals surface area contributed by atoms with E-state index in [0.717, 1.165) is 50.6 Å². The Morgan fingerprint density at radius 2 is 1.86 bits per heavy atom. The monoisotopic (exact) mass is 291 g/mol. The van der Waals surface area contributed by atoms with E-state index in [1.807, 2.05) is 4.90 Å². The third kappa shape index (κ3) is 2.95. The van der Waals surface area contributed by atoms with Crippen molar-refractivity contribution in [1.29, 1.82) is 0 Å². The predicted molar refractivity (Wildman–Crippen MR) is 78.2 cm³/mol. The van der Waals surface area contributed by atoms with Crippen LogP contribution in [0.5, 0.6) is 0 Å². The number of hydrogen-bond donors (Lipinski definition) is 1. The molecule has 3 nitrogen and oxygen atoms in total. The number of benzene rings is 1. The molecule has 4 heteroatoms. The first-order valence-electron chi connectivity index (χ1n) is 7.81. The molecule has 0 atom stereocenters. The number of aliphatic hydroxyl groups excluding tert-OH is 1. The van der Waals surface area contributed by atoms with E-state index >= 15 is 0 Å². The Hall–Kier alpha value is -1.42. The molecule has 0 radical (unpaired) electrons. The van der Waals surface area contributed by atoms with E-state index in [1.165, 1.54) is 12.1 Å². The van der Waals surface area contributed by atoms with Gasteiger partial charge in [-0.3, -0.25) is 4.79 Å². The molecule has 1 amide bonds. The van der Waals surface area contributed by atoms with Crippen molar-refractivity contribution in [3.05, 3.63) is 35.6 Å². The minimum absolute atomic E-state index is 0.206. The summed E-state index contributed by atoms with van der Waals surface area (Å²) in [5.41, 5.74) is 0.853. The van der Waals surface area contributed by atoms with Gasteiger partial charge in [-0.2, -0.15) is 0 Å². The highest BCUT2D eigenvalue weighted by Gasteiger charge is 2.47. The molecule has 2 aliphatic rings. The van der Waals surface area contributed by atoms with E-state index < -0.39 is 0 Å². The van der Waals surface area contributed by atoms with Gasteiger partial charge in [0.25, 0.3) is 0 Å². The van der Waals surface area contributed by atoms with Crippen LogP contribution in [-0.4, -0.2) is 35.1 Å². The standard InChI is InChI=1S/C17H22FNO2/c18-14-3-1-13(2-4-14)7-11-19-12-10-17(16(19)21)8-5-15(20)6-9-17/h1-4,15,20H,5-12H2. The summed E-state index contributed by atoms with van der Waals surface area (Å²) in [6.45, 7) is 1.52. The van der Waals surface area contributed by atoms with Crippen molar-refractivity contribution in [3.63, 3.8) is 0 Å². The average Bonchev–Trinajstić information content (AvgIpc) is 2.79. The van der Waals surface area contributed by atoms with Crippen LogP contribution >= 0.6 is 0 Å². The molecule has 1 spiro atoms. The molecule has 2 fully saturated rings. The molecular formula is C17H22FNO2. The van der Waals surface area contributed by atoms with E-state index in [2.05, 4.69) is 0 Å². The number of rotatable bonds is 3. The molecular weight excluding hydrogens is 269 g/mol. The normalized spacial score (nSPS) is 29.3. The minimum Gasteiger partial charge on any atom is -0.393 e. The smallest absolute Gasteiger partial charge is 0.228 e. The topological polar surface area (TPSA) is 40.5 Å². The fraction of sp³-hybridized carbons (Fsp3) is 0.588. The van der Waals surface area contributed by atoms with E-state index in [-0.39, 0.29) is 23.2 Å². The van der Waals surface area contributed by atoms with Crippen molar-refractivity contribution in [2.75, 3.05) is 13.1 Å². The van der Waals surface area contributed by atoms with Crippen LogP contribution in [-0.2, 0) is 11.2 Å². The Kier molecular flexibility index (Phi) is 3.98. The van der Waals surface area contributed by atoms with Gasteiger partial charge in [0.05, 0.1) is 11.5 Å². The molecule has 3 rings (SSSR count). The predicted octanol–water partition coefficient (Wildman–Crippen LogP) is 2.52. The van der Waals surface area contributed by atoms with Gasteiger partial charge in [-0.15, -0.1) is 0 Å². The van der Waals surface area contributed by atoms with Crippen molar-refractivity contribution >= 4 is 5.91 Å². The maximum Gasteiger partial charge on any atom is 0.228 e. The van der Waals surface area contributed by atoms with Crippen molar-refractivity contribution in [3.8, 4) is 0 Å². The summed E-state index contributed by atoms with van der Waals surface area (Å²) in [4.78, 5) is 14.6. The van der Waals surface area contributed by atoms with E-state index in [1.54, 1.807) is 12.1 Å². The van der Waals surface area contributed by atoms with Crippen LogP contribution in [0.2, 0.25) is 0 Å². The van der Waals surface area contributed by atoms with Crippen molar-refractivity contribution in [2.24, 2.45) is 5.41 Å². The molecule has 1 aromatic carbocycles. The molecule has 114 valence electrons. The quantitative estimate of drug-likeness (QED) is 0.929. The average molecular weight is 291 g/mol. The molecule has 1 saturated heterocycles. The molecule has 1 N–H and O–H groups in total. The summed E-state index contributed by atoms with van der Waals surface area (Å²) < 4.78 is 12.9. The lowest BCUT2D eigenvalue weighted by molar-refractivity contribution is -0.138. The second-order valence-electron chi connectivity index (χ2n) is 6.43. The second kappa shape index (κ2) is 5.76. The third-order valence-electron chi connectivity index (χ3n) is 5.10. The van der Waals surface area contributed by atoms with Crippen LogP contribution in [0.25, 0.3) is 0 Å². The Balaban J connectivity index is 1.58. The van der Waals surface area contributed by atoms with Gasteiger partial charge in [0.1, 0.15) is 5.82 Å². The van der Waals surface area contributed by atoms with Gasteiger partial charge >= 0.3 is 0 Å². The Morgan fingerprint density at radius 1 is 1.19 bits per heavy atom.